The van der Waals surface area contributed by atoms with Gasteiger partial charge in [0.1, 0.15) is 11.3 Å². The van der Waals surface area contributed by atoms with E-state index in [1.807, 2.05) is 0 Å². The molecule has 1 heterocycles. The van der Waals surface area contributed by atoms with Crippen LogP contribution in [0.1, 0.15) is 5.56 Å². The van der Waals surface area contributed by atoms with Crippen LogP contribution in [0.2, 0.25) is 0 Å². The number of hydrogen-bond acceptors (Lipinski definition) is 4. The third-order valence-electron chi connectivity index (χ3n) is 3.52. The smallest absolute Gasteiger partial charge is 0.417 e. The van der Waals surface area contributed by atoms with Gasteiger partial charge in [0, 0.05) is 27.7 Å². The zero-order valence-corrected chi connectivity index (χ0v) is 15.1. The highest BCUT2D eigenvalue weighted by Gasteiger charge is 2.33. The summed E-state index contributed by atoms with van der Waals surface area (Å²) in [6.07, 6.45) is -4.69. The SMILES string of the molecule is O=C(COc1ccc2c(C(F)(F)F)cc(=O)oc2c1)Nc1ccc(Br)cc1. The number of ether oxygens (including phenoxy) is 1. The molecule has 0 saturated carbocycles. The maximum Gasteiger partial charge on any atom is 0.417 e. The highest BCUT2D eigenvalue weighted by atomic mass is 79.9. The lowest BCUT2D eigenvalue weighted by Gasteiger charge is -2.11. The van der Waals surface area contributed by atoms with Gasteiger partial charge >= 0.3 is 11.8 Å². The summed E-state index contributed by atoms with van der Waals surface area (Å²) in [5, 5.41) is 2.34. The zero-order valence-electron chi connectivity index (χ0n) is 13.5. The van der Waals surface area contributed by atoms with Crippen molar-refractivity contribution in [3.63, 3.8) is 0 Å². The van der Waals surface area contributed by atoms with Crippen molar-refractivity contribution >= 4 is 38.5 Å². The second-order valence-corrected chi connectivity index (χ2v) is 6.39. The molecule has 1 N–H and O–H groups in total. The van der Waals surface area contributed by atoms with Crippen molar-refractivity contribution in [3.8, 4) is 5.75 Å². The molecule has 1 aromatic heterocycles. The van der Waals surface area contributed by atoms with Crippen LogP contribution in [0.3, 0.4) is 0 Å². The Hall–Kier alpha value is -2.81. The Morgan fingerprint density at radius 2 is 1.81 bits per heavy atom. The van der Waals surface area contributed by atoms with Crippen molar-refractivity contribution in [3.05, 3.63) is 69.0 Å². The number of hydrogen-bond donors (Lipinski definition) is 1. The van der Waals surface area contributed by atoms with Crippen LogP contribution in [0.15, 0.2) is 62.2 Å². The van der Waals surface area contributed by atoms with Gasteiger partial charge in [0.15, 0.2) is 6.61 Å². The van der Waals surface area contributed by atoms with Crippen LogP contribution in [0.5, 0.6) is 5.75 Å². The van der Waals surface area contributed by atoms with E-state index in [4.69, 9.17) is 9.15 Å². The minimum Gasteiger partial charge on any atom is -0.484 e. The van der Waals surface area contributed by atoms with E-state index in [1.165, 1.54) is 6.07 Å². The first kappa shape index (κ1) is 19.0. The fraction of sp³-hybridized carbons (Fsp3) is 0.111. The first-order valence-electron chi connectivity index (χ1n) is 7.56. The highest BCUT2D eigenvalue weighted by molar-refractivity contribution is 9.10. The van der Waals surface area contributed by atoms with E-state index in [1.54, 1.807) is 24.3 Å². The largest absolute Gasteiger partial charge is 0.484 e. The average molecular weight is 442 g/mol. The van der Waals surface area contributed by atoms with Crippen molar-refractivity contribution in [2.45, 2.75) is 6.18 Å². The first-order chi connectivity index (χ1) is 12.7. The molecule has 0 spiro atoms. The molecule has 3 aromatic rings. The maximum absolute atomic E-state index is 13.0. The number of carbonyl (C=O) groups excluding carboxylic acids is 1. The van der Waals surface area contributed by atoms with Crippen molar-refractivity contribution < 1.29 is 27.1 Å². The number of amides is 1. The van der Waals surface area contributed by atoms with Gasteiger partial charge < -0.3 is 14.5 Å². The lowest BCUT2D eigenvalue weighted by atomic mass is 10.1. The van der Waals surface area contributed by atoms with Gasteiger partial charge in [-0.15, -0.1) is 0 Å². The van der Waals surface area contributed by atoms with E-state index in [9.17, 15) is 22.8 Å². The molecule has 1 amide bonds. The van der Waals surface area contributed by atoms with Gasteiger partial charge in [0.25, 0.3) is 5.91 Å². The van der Waals surface area contributed by atoms with E-state index >= 15 is 0 Å². The normalized spacial score (nSPS) is 11.4. The molecule has 0 saturated heterocycles. The quantitative estimate of drug-likeness (QED) is 0.601. The Morgan fingerprint density at radius 3 is 2.48 bits per heavy atom. The van der Waals surface area contributed by atoms with Gasteiger partial charge in [-0.2, -0.15) is 13.2 Å². The monoisotopic (exact) mass is 441 g/mol. The lowest BCUT2D eigenvalue weighted by Crippen LogP contribution is -2.20. The number of alkyl halides is 3. The van der Waals surface area contributed by atoms with Crippen molar-refractivity contribution in [1.82, 2.24) is 0 Å². The molecule has 0 unspecified atom stereocenters. The fourth-order valence-electron chi connectivity index (χ4n) is 2.35. The van der Waals surface area contributed by atoms with E-state index < -0.39 is 23.3 Å². The highest BCUT2D eigenvalue weighted by Crippen LogP contribution is 2.34. The summed E-state index contributed by atoms with van der Waals surface area (Å²) in [7, 11) is 0. The number of rotatable bonds is 4. The molecule has 2 aromatic carbocycles. The second kappa shape index (κ2) is 7.43. The van der Waals surface area contributed by atoms with E-state index in [2.05, 4.69) is 21.2 Å². The summed E-state index contributed by atoms with van der Waals surface area (Å²) in [4.78, 5) is 23.3. The maximum atomic E-state index is 13.0. The summed E-state index contributed by atoms with van der Waals surface area (Å²) in [5.41, 5.74) is -1.93. The standard InChI is InChI=1S/C18H11BrF3NO4/c19-10-1-3-11(4-2-10)23-16(24)9-26-12-5-6-13-14(18(20,21)22)8-17(25)27-15(13)7-12/h1-8H,9H2,(H,23,24). The second-order valence-electron chi connectivity index (χ2n) is 5.48. The van der Waals surface area contributed by atoms with Crippen molar-refractivity contribution in [2.75, 3.05) is 11.9 Å². The number of fused-ring (bicyclic) bond motifs is 1. The minimum absolute atomic E-state index is 0.0935. The topological polar surface area (TPSA) is 68.5 Å². The molecule has 0 aliphatic rings. The molecule has 0 aliphatic carbocycles. The van der Waals surface area contributed by atoms with Gasteiger partial charge in [0.2, 0.25) is 0 Å². The Bertz CT molecular complexity index is 1050. The molecule has 0 atom stereocenters. The summed E-state index contributed by atoms with van der Waals surface area (Å²) in [6, 6.07) is 10.8. The molecule has 0 fully saturated rings. The Labute approximate surface area is 158 Å². The number of benzene rings is 2. The summed E-state index contributed by atoms with van der Waals surface area (Å²) >= 11 is 3.28. The van der Waals surface area contributed by atoms with Gasteiger partial charge in [-0.1, -0.05) is 15.9 Å². The Balaban J connectivity index is 1.75. The number of carbonyl (C=O) groups is 1. The number of halogens is 4. The van der Waals surface area contributed by atoms with Crippen LogP contribution < -0.4 is 15.7 Å². The van der Waals surface area contributed by atoms with Crippen molar-refractivity contribution in [2.24, 2.45) is 0 Å². The van der Waals surface area contributed by atoms with Crippen molar-refractivity contribution in [1.29, 1.82) is 0 Å². The fourth-order valence-corrected chi connectivity index (χ4v) is 2.61. The Kier molecular flexibility index (Phi) is 5.22. The average Bonchev–Trinajstić information content (AvgIpc) is 2.60. The van der Waals surface area contributed by atoms with E-state index in [0.717, 1.165) is 16.6 Å². The molecule has 0 bridgehead atoms. The van der Waals surface area contributed by atoms with Crippen LogP contribution in [0, 0.1) is 0 Å². The third-order valence-corrected chi connectivity index (χ3v) is 4.05. The van der Waals surface area contributed by atoms with Gasteiger partial charge in [-0.25, -0.2) is 4.79 Å². The van der Waals surface area contributed by atoms with Crippen LogP contribution in [-0.2, 0) is 11.0 Å². The molecule has 27 heavy (non-hydrogen) atoms. The molecule has 0 radical (unpaired) electrons. The Morgan fingerprint density at radius 1 is 1.11 bits per heavy atom. The predicted octanol–water partition coefficient (Wildman–Crippen LogP) is 4.59. The molecule has 5 nitrogen and oxygen atoms in total. The van der Waals surface area contributed by atoms with Gasteiger partial charge in [0.05, 0.1) is 5.56 Å². The minimum atomic E-state index is -4.69. The van der Waals surface area contributed by atoms with Gasteiger partial charge in [-0.05, 0) is 36.4 Å². The number of anilines is 1. The van der Waals surface area contributed by atoms with E-state index in [-0.39, 0.29) is 23.3 Å². The van der Waals surface area contributed by atoms with Crippen LogP contribution in [0.4, 0.5) is 18.9 Å². The molecular weight excluding hydrogens is 431 g/mol. The number of nitrogens with one attached hydrogen (secondary N) is 1. The molecule has 0 aliphatic heterocycles. The van der Waals surface area contributed by atoms with Gasteiger partial charge in [-0.3, -0.25) is 4.79 Å². The predicted molar refractivity (Wildman–Crippen MR) is 95.8 cm³/mol. The van der Waals surface area contributed by atoms with Crippen LogP contribution in [0.25, 0.3) is 11.0 Å². The molecule has 140 valence electrons. The zero-order chi connectivity index (χ0) is 19.6. The summed E-state index contributed by atoms with van der Waals surface area (Å²) < 4.78 is 50.0. The summed E-state index contributed by atoms with van der Waals surface area (Å²) in [6.45, 7) is -0.370. The third kappa shape index (κ3) is 4.68. The van der Waals surface area contributed by atoms with Crippen LogP contribution >= 0.6 is 15.9 Å². The summed E-state index contributed by atoms with van der Waals surface area (Å²) in [5.74, 6) is -0.362. The van der Waals surface area contributed by atoms with Crippen LogP contribution in [-0.4, -0.2) is 12.5 Å². The molecule has 3 rings (SSSR count). The first-order valence-corrected chi connectivity index (χ1v) is 8.35. The lowest BCUT2D eigenvalue weighted by molar-refractivity contribution is -0.136. The molecular formula is C18H11BrF3NO4. The molecule has 9 heteroatoms. The van der Waals surface area contributed by atoms with E-state index in [0.29, 0.717) is 11.8 Å².